The van der Waals surface area contributed by atoms with Crippen LogP contribution in [0.5, 0.6) is 0 Å². The van der Waals surface area contributed by atoms with Crippen LogP contribution in [-0.2, 0) is 0 Å². The van der Waals surface area contributed by atoms with Gasteiger partial charge in [-0.1, -0.05) is 0 Å². The van der Waals surface area contributed by atoms with Gasteiger partial charge in [-0.25, -0.2) is 0 Å². The molecule has 1 fully saturated rings. The summed E-state index contributed by atoms with van der Waals surface area (Å²) in [5.41, 5.74) is 2.46. The molecule has 0 spiro atoms. The number of hydrogen-bond donors (Lipinski definition) is 1. The van der Waals surface area contributed by atoms with Gasteiger partial charge in [-0.05, 0) is 26.0 Å². The number of nitrogens with zero attached hydrogens (tertiary/aromatic N) is 3. The van der Waals surface area contributed by atoms with Crippen LogP contribution < -0.4 is 5.32 Å². The molecule has 1 N–H and O–H groups in total. The van der Waals surface area contributed by atoms with E-state index in [0.717, 1.165) is 50.7 Å². The molecule has 1 amide bonds. The normalized spacial score (nSPS) is 16.1. The number of rotatable bonds is 4. The van der Waals surface area contributed by atoms with Crippen LogP contribution >= 0.6 is 0 Å². The Morgan fingerprint density at radius 1 is 1.35 bits per heavy atom. The summed E-state index contributed by atoms with van der Waals surface area (Å²) < 4.78 is 0. The summed E-state index contributed by atoms with van der Waals surface area (Å²) in [5.74, 6) is 0.0603. The fraction of sp³-hybridized carbons (Fsp3) is 0.600. The Labute approximate surface area is 121 Å². The topological polar surface area (TPSA) is 48.5 Å². The summed E-state index contributed by atoms with van der Waals surface area (Å²) in [7, 11) is 1.86. The molecule has 2 rings (SSSR count). The molecular weight excluding hydrogens is 252 g/mol. The Hall–Kier alpha value is -1.46. The van der Waals surface area contributed by atoms with Crippen molar-refractivity contribution in [2.24, 2.45) is 0 Å². The lowest BCUT2D eigenvalue weighted by Gasteiger charge is -2.29. The van der Waals surface area contributed by atoms with E-state index < -0.39 is 0 Å². The first-order valence-corrected chi connectivity index (χ1v) is 7.20. The molecule has 0 atom stereocenters. The zero-order valence-corrected chi connectivity index (χ0v) is 12.6. The van der Waals surface area contributed by atoms with E-state index in [1.165, 1.54) is 0 Å². The molecule has 20 heavy (non-hydrogen) atoms. The van der Waals surface area contributed by atoms with Crippen molar-refractivity contribution < 1.29 is 4.79 Å². The quantitative estimate of drug-likeness (QED) is 0.878. The SMILES string of the molecule is Cc1ccc(C(=O)N(C)CCN2CCNCC2)c(C)n1. The van der Waals surface area contributed by atoms with E-state index in [1.807, 2.05) is 33.0 Å². The molecule has 0 saturated carbocycles. The minimum absolute atomic E-state index is 0.0603. The third-order valence-electron chi connectivity index (χ3n) is 3.76. The molecule has 5 nitrogen and oxygen atoms in total. The van der Waals surface area contributed by atoms with Crippen molar-refractivity contribution in [2.75, 3.05) is 46.3 Å². The van der Waals surface area contributed by atoms with Crippen LogP contribution in [0.4, 0.5) is 0 Å². The molecule has 1 aromatic heterocycles. The first-order chi connectivity index (χ1) is 9.58. The van der Waals surface area contributed by atoms with E-state index in [2.05, 4.69) is 15.2 Å². The molecule has 1 aromatic rings. The summed E-state index contributed by atoms with van der Waals surface area (Å²) in [6.45, 7) is 9.73. The van der Waals surface area contributed by atoms with Gasteiger partial charge in [0.2, 0.25) is 0 Å². The van der Waals surface area contributed by atoms with Crippen LogP contribution in [0.2, 0.25) is 0 Å². The monoisotopic (exact) mass is 276 g/mol. The molecule has 0 unspecified atom stereocenters. The largest absolute Gasteiger partial charge is 0.340 e. The summed E-state index contributed by atoms with van der Waals surface area (Å²) in [6, 6.07) is 3.77. The van der Waals surface area contributed by atoms with E-state index in [0.29, 0.717) is 5.56 Å². The predicted octanol–water partition coefficient (Wildman–Crippen LogP) is 0.676. The second-order valence-corrected chi connectivity index (χ2v) is 5.40. The fourth-order valence-corrected chi connectivity index (χ4v) is 2.45. The summed E-state index contributed by atoms with van der Waals surface area (Å²) in [6.07, 6.45) is 0. The van der Waals surface area contributed by atoms with Crippen molar-refractivity contribution in [2.45, 2.75) is 13.8 Å². The molecular formula is C15H24N4O. The molecule has 0 aromatic carbocycles. The van der Waals surface area contributed by atoms with Gasteiger partial charge in [0.25, 0.3) is 5.91 Å². The third-order valence-corrected chi connectivity index (χ3v) is 3.76. The van der Waals surface area contributed by atoms with Crippen LogP contribution in [0.15, 0.2) is 12.1 Å². The van der Waals surface area contributed by atoms with E-state index in [4.69, 9.17) is 0 Å². The van der Waals surface area contributed by atoms with Crippen LogP contribution in [0.1, 0.15) is 21.7 Å². The lowest BCUT2D eigenvalue weighted by molar-refractivity contribution is 0.0773. The van der Waals surface area contributed by atoms with E-state index in [-0.39, 0.29) is 5.91 Å². The van der Waals surface area contributed by atoms with Gasteiger partial charge in [0, 0.05) is 52.0 Å². The lowest BCUT2D eigenvalue weighted by atomic mass is 10.1. The van der Waals surface area contributed by atoms with E-state index in [9.17, 15) is 4.79 Å². The smallest absolute Gasteiger partial charge is 0.255 e. The minimum Gasteiger partial charge on any atom is -0.340 e. The Bertz CT molecular complexity index is 469. The highest BCUT2D eigenvalue weighted by Gasteiger charge is 2.16. The number of carbonyl (C=O) groups excluding carboxylic acids is 1. The average molecular weight is 276 g/mol. The first kappa shape index (κ1) is 14.9. The van der Waals surface area contributed by atoms with Crippen LogP contribution in [-0.4, -0.2) is 67.0 Å². The molecule has 2 heterocycles. The number of pyridine rings is 1. The Morgan fingerprint density at radius 3 is 2.70 bits per heavy atom. The second-order valence-electron chi connectivity index (χ2n) is 5.40. The van der Waals surface area contributed by atoms with Gasteiger partial charge in [0.05, 0.1) is 11.3 Å². The third kappa shape index (κ3) is 3.77. The molecule has 0 bridgehead atoms. The number of aromatic nitrogens is 1. The van der Waals surface area contributed by atoms with Gasteiger partial charge in [-0.15, -0.1) is 0 Å². The number of aryl methyl sites for hydroxylation is 2. The Morgan fingerprint density at radius 2 is 2.05 bits per heavy atom. The molecule has 5 heteroatoms. The first-order valence-electron chi connectivity index (χ1n) is 7.20. The highest BCUT2D eigenvalue weighted by atomic mass is 16.2. The van der Waals surface area contributed by atoms with Gasteiger partial charge in [-0.2, -0.15) is 0 Å². The van der Waals surface area contributed by atoms with Crippen LogP contribution in [0, 0.1) is 13.8 Å². The van der Waals surface area contributed by atoms with Crippen LogP contribution in [0.25, 0.3) is 0 Å². The Balaban J connectivity index is 1.90. The minimum atomic E-state index is 0.0603. The maximum atomic E-state index is 12.4. The van der Waals surface area contributed by atoms with Crippen molar-refractivity contribution in [1.82, 2.24) is 20.1 Å². The molecule has 1 saturated heterocycles. The van der Waals surface area contributed by atoms with Gasteiger partial charge in [-0.3, -0.25) is 14.7 Å². The fourth-order valence-electron chi connectivity index (χ4n) is 2.45. The average Bonchev–Trinajstić information content (AvgIpc) is 2.45. The van der Waals surface area contributed by atoms with E-state index in [1.54, 1.807) is 4.90 Å². The van der Waals surface area contributed by atoms with E-state index >= 15 is 0 Å². The zero-order chi connectivity index (χ0) is 14.5. The van der Waals surface area contributed by atoms with Gasteiger partial charge >= 0.3 is 0 Å². The summed E-state index contributed by atoms with van der Waals surface area (Å²) in [4.78, 5) is 20.9. The predicted molar refractivity (Wildman–Crippen MR) is 80.0 cm³/mol. The van der Waals surface area contributed by atoms with Crippen molar-refractivity contribution in [3.05, 3.63) is 29.1 Å². The van der Waals surface area contributed by atoms with Crippen LogP contribution in [0.3, 0.4) is 0 Å². The number of nitrogens with one attached hydrogen (secondary N) is 1. The summed E-state index contributed by atoms with van der Waals surface area (Å²) in [5, 5.41) is 3.33. The standard InChI is InChI=1S/C15H24N4O/c1-12-4-5-14(13(2)17-12)15(20)18(3)10-11-19-8-6-16-7-9-19/h4-5,16H,6-11H2,1-3H3. The number of amides is 1. The summed E-state index contributed by atoms with van der Waals surface area (Å²) >= 11 is 0. The number of carbonyl (C=O) groups is 1. The second kappa shape index (κ2) is 6.81. The van der Waals surface area contributed by atoms with Gasteiger partial charge in [0.15, 0.2) is 0 Å². The van der Waals surface area contributed by atoms with Crippen molar-refractivity contribution in [3.8, 4) is 0 Å². The maximum absolute atomic E-state index is 12.4. The number of hydrogen-bond acceptors (Lipinski definition) is 4. The van der Waals surface area contributed by atoms with Crippen molar-refractivity contribution in [3.63, 3.8) is 0 Å². The highest BCUT2D eigenvalue weighted by molar-refractivity contribution is 5.95. The molecule has 110 valence electrons. The van der Waals surface area contributed by atoms with Gasteiger partial charge < -0.3 is 10.2 Å². The maximum Gasteiger partial charge on any atom is 0.255 e. The zero-order valence-electron chi connectivity index (χ0n) is 12.6. The lowest BCUT2D eigenvalue weighted by Crippen LogP contribution is -2.46. The molecule has 1 aliphatic rings. The molecule has 0 aliphatic carbocycles. The number of likely N-dealkylation sites (N-methyl/N-ethyl adjacent to an activating group) is 1. The molecule has 0 radical (unpaired) electrons. The van der Waals surface area contributed by atoms with Crippen molar-refractivity contribution >= 4 is 5.91 Å². The number of piperazine rings is 1. The van der Waals surface area contributed by atoms with Crippen molar-refractivity contribution in [1.29, 1.82) is 0 Å². The Kier molecular flexibility index (Phi) is 5.09. The highest BCUT2D eigenvalue weighted by Crippen LogP contribution is 2.09. The van der Waals surface area contributed by atoms with Gasteiger partial charge in [0.1, 0.15) is 0 Å². The molecule has 1 aliphatic heterocycles.